The maximum Gasteiger partial charge on any atom is 0.0589 e. The second-order valence-corrected chi connectivity index (χ2v) is 5.62. The molecular weight excluding hydrogens is 232 g/mol. The molecule has 3 heteroatoms. The largest absolute Gasteiger partial charge is 0.311 e. The summed E-state index contributed by atoms with van der Waals surface area (Å²) in [4.78, 5) is 4.45. The zero-order chi connectivity index (χ0) is 12.3. The Hall–Kier alpha value is -0.600. The lowest BCUT2D eigenvalue weighted by molar-refractivity contribution is 0.235. The molecule has 1 aromatic rings. The van der Waals surface area contributed by atoms with Gasteiger partial charge in [0.25, 0.3) is 0 Å². The Labute approximate surface area is 109 Å². The van der Waals surface area contributed by atoms with Crippen molar-refractivity contribution in [3.63, 3.8) is 0 Å². The predicted molar refractivity (Wildman–Crippen MR) is 72.2 cm³/mol. The van der Waals surface area contributed by atoms with Crippen molar-refractivity contribution in [1.29, 1.82) is 0 Å². The maximum atomic E-state index is 5.88. The Morgan fingerprint density at radius 2 is 2.00 bits per heavy atom. The van der Waals surface area contributed by atoms with E-state index in [9.17, 15) is 0 Å². The van der Waals surface area contributed by atoms with Gasteiger partial charge in [-0.25, -0.2) is 0 Å². The van der Waals surface area contributed by atoms with E-state index in [1.165, 1.54) is 25.7 Å². The third-order valence-electron chi connectivity index (χ3n) is 3.91. The fourth-order valence-corrected chi connectivity index (χ4v) is 2.93. The van der Waals surface area contributed by atoms with Crippen LogP contribution in [0.1, 0.15) is 44.3 Å². The van der Waals surface area contributed by atoms with Gasteiger partial charge in [-0.3, -0.25) is 4.98 Å². The van der Waals surface area contributed by atoms with Gasteiger partial charge >= 0.3 is 0 Å². The number of halogens is 1. The Morgan fingerprint density at radius 3 is 2.53 bits per heavy atom. The molecule has 1 unspecified atom stereocenters. The summed E-state index contributed by atoms with van der Waals surface area (Å²) >= 11 is 5.88. The summed E-state index contributed by atoms with van der Waals surface area (Å²) in [6.45, 7) is 2.35. The molecule has 94 valence electrons. The lowest BCUT2D eigenvalue weighted by Crippen LogP contribution is -2.29. The molecule has 2 rings (SSSR count). The van der Waals surface area contributed by atoms with E-state index < -0.39 is 0 Å². The predicted octanol–water partition coefficient (Wildman–Crippen LogP) is 3.82. The zero-order valence-corrected chi connectivity index (χ0v) is 11.4. The van der Waals surface area contributed by atoms with Crippen LogP contribution in [0.5, 0.6) is 0 Å². The lowest BCUT2D eigenvalue weighted by atomic mass is 9.78. The second-order valence-electron chi connectivity index (χ2n) is 5.19. The molecule has 2 nitrogen and oxygen atoms in total. The molecule has 0 saturated heterocycles. The Bertz CT molecular complexity index is 342. The van der Waals surface area contributed by atoms with Crippen molar-refractivity contribution >= 4 is 11.6 Å². The van der Waals surface area contributed by atoms with E-state index in [2.05, 4.69) is 17.2 Å². The fraction of sp³-hybridized carbons (Fsp3) is 0.643. The summed E-state index contributed by atoms with van der Waals surface area (Å²) in [5.41, 5.74) is 1.12. The van der Waals surface area contributed by atoms with Crippen LogP contribution in [0.2, 0.25) is 5.02 Å². The molecule has 0 radical (unpaired) electrons. The van der Waals surface area contributed by atoms with Crippen LogP contribution in [0.25, 0.3) is 0 Å². The van der Waals surface area contributed by atoms with Gasteiger partial charge in [-0.2, -0.15) is 0 Å². The highest BCUT2D eigenvalue weighted by Gasteiger charge is 2.26. The number of aromatic nitrogens is 1. The minimum atomic E-state index is 0.375. The maximum absolute atomic E-state index is 5.88. The minimum Gasteiger partial charge on any atom is -0.311 e. The van der Waals surface area contributed by atoms with Crippen molar-refractivity contribution in [3.05, 3.63) is 29.0 Å². The van der Waals surface area contributed by atoms with Crippen LogP contribution in [0.4, 0.5) is 0 Å². The summed E-state index contributed by atoms with van der Waals surface area (Å²) in [7, 11) is 2.03. The molecule has 0 spiro atoms. The molecule has 1 aliphatic carbocycles. The van der Waals surface area contributed by atoms with Crippen molar-refractivity contribution < 1.29 is 0 Å². The van der Waals surface area contributed by atoms with Gasteiger partial charge in [0.05, 0.1) is 16.8 Å². The minimum absolute atomic E-state index is 0.375. The van der Waals surface area contributed by atoms with Crippen LogP contribution in [-0.4, -0.2) is 12.0 Å². The first-order chi connectivity index (χ1) is 8.20. The highest BCUT2D eigenvalue weighted by Crippen LogP contribution is 2.36. The Kier molecular flexibility index (Phi) is 4.41. The highest BCUT2D eigenvalue weighted by molar-refractivity contribution is 6.30. The molecule has 1 fully saturated rings. The molecule has 0 amide bonds. The highest BCUT2D eigenvalue weighted by atomic mass is 35.5. The third kappa shape index (κ3) is 3.20. The normalized spacial score (nSPS) is 26.8. The molecule has 1 aromatic heterocycles. The van der Waals surface area contributed by atoms with Gasteiger partial charge in [0.15, 0.2) is 0 Å². The van der Waals surface area contributed by atoms with Gasteiger partial charge in [-0.05, 0) is 43.9 Å². The monoisotopic (exact) mass is 252 g/mol. The average molecular weight is 253 g/mol. The van der Waals surface area contributed by atoms with Gasteiger partial charge in [0.1, 0.15) is 0 Å². The molecule has 0 bridgehead atoms. The summed E-state index contributed by atoms with van der Waals surface area (Å²) in [6.07, 6.45) is 7.04. The van der Waals surface area contributed by atoms with Crippen LogP contribution in [-0.2, 0) is 0 Å². The molecule has 17 heavy (non-hydrogen) atoms. The summed E-state index contributed by atoms with van der Waals surface area (Å²) in [6, 6.07) is 4.35. The first kappa shape index (κ1) is 12.8. The van der Waals surface area contributed by atoms with Crippen molar-refractivity contribution in [3.8, 4) is 0 Å². The van der Waals surface area contributed by atoms with Crippen molar-refractivity contribution in [2.45, 2.75) is 38.6 Å². The Morgan fingerprint density at radius 1 is 1.29 bits per heavy atom. The van der Waals surface area contributed by atoms with Gasteiger partial charge < -0.3 is 5.32 Å². The molecule has 0 aliphatic heterocycles. The number of hydrogen-bond acceptors (Lipinski definition) is 2. The van der Waals surface area contributed by atoms with Crippen LogP contribution in [0.3, 0.4) is 0 Å². The van der Waals surface area contributed by atoms with Crippen LogP contribution in [0.15, 0.2) is 18.3 Å². The van der Waals surface area contributed by atoms with E-state index >= 15 is 0 Å². The van der Waals surface area contributed by atoms with Crippen molar-refractivity contribution in [1.82, 2.24) is 10.3 Å². The number of nitrogens with zero attached hydrogens (tertiary/aromatic N) is 1. The second kappa shape index (κ2) is 5.83. The number of rotatable bonds is 3. The van der Waals surface area contributed by atoms with Gasteiger partial charge in [0.2, 0.25) is 0 Å². The first-order valence-electron chi connectivity index (χ1n) is 6.49. The van der Waals surface area contributed by atoms with Crippen LogP contribution in [0, 0.1) is 11.8 Å². The van der Waals surface area contributed by atoms with E-state index in [1.54, 1.807) is 6.20 Å². The standard InChI is InChI=1S/C14H21ClN2/c1-10-3-5-11(6-4-10)14(16-2)13-8-7-12(15)9-17-13/h7-11,14,16H,3-6H2,1-2H3. The molecule has 1 saturated carbocycles. The number of hydrogen-bond donors (Lipinski definition) is 1. The van der Waals surface area contributed by atoms with Crippen molar-refractivity contribution in [2.24, 2.45) is 11.8 Å². The SMILES string of the molecule is CNC(c1ccc(Cl)cn1)C1CCC(C)CC1. The molecule has 1 aliphatic rings. The fourth-order valence-electron chi connectivity index (χ4n) is 2.82. The average Bonchev–Trinajstić information content (AvgIpc) is 2.35. The molecule has 1 atom stereocenters. The van der Waals surface area contributed by atoms with E-state index in [4.69, 9.17) is 11.6 Å². The number of pyridine rings is 1. The molecule has 1 N–H and O–H groups in total. The van der Waals surface area contributed by atoms with Gasteiger partial charge in [-0.1, -0.05) is 31.4 Å². The summed E-state index contributed by atoms with van der Waals surface area (Å²) in [5.74, 6) is 1.60. The summed E-state index contributed by atoms with van der Waals surface area (Å²) in [5, 5.41) is 4.13. The van der Waals surface area contributed by atoms with Crippen LogP contribution < -0.4 is 5.32 Å². The summed E-state index contributed by atoms with van der Waals surface area (Å²) < 4.78 is 0. The first-order valence-corrected chi connectivity index (χ1v) is 6.87. The number of nitrogens with one attached hydrogen (secondary N) is 1. The Balaban J connectivity index is 2.08. The van der Waals surface area contributed by atoms with E-state index in [-0.39, 0.29) is 0 Å². The smallest absolute Gasteiger partial charge is 0.0589 e. The third-order valence-corrected chi connectivity index (χ3v) is 4.14. The van der Waals surface area contributed by atoms with Crippen molar-refractivity contribution in [2.75, 3.05) is 7.05 Å². The van der Waals surface area contributed by atoms with E-state index in [0.717, 1.165) is 11.6 Å². The lowest BCUT2D eigenvalue weighted by Gasteiger charge is -2.32. The topological polar surface area (TPSA) is 24.9 Å². The van der Waals surface area contributed by atoms with Crippen LogP contribution >= 0.6 is 11.6 Å². The molecule has 1 heterocycles. The quantitative estimate of drug-likeness (QED) is 0.885. The zero-order valence-electron chi connectivity index (χ0n) is 10.6. The van der Waals surface area contributed by atoms with Gasteiger partial charge in [0, 0.05) is 6.20 Å². The van der Waals surface area contributed by atoms with E-state index in [1.807, 2.05) is 19.2 Å². The molecular formula is C14H21ClN2. The van der Waals surface area contributed by atoms with Gasteiger partial charge in [-0.15, -0.1) is 0 Å². The molecule has 0 aromatic carbocycles. The van der Waals surface area contributed by atoms with E-state index in [0.29, 0.717) is 17.0 Å².